The maximum Gasteiger partial charge on any atom is 0.128 e. The molecule has 2 rings (SSSR count). The van der Waals surface area contributed by atoms with Gasteiger partial charge in [0.25, 0.3) is 0 Å². The van der Waals surface area contributed by atoms with Gasteiger partial charge >= 0.3 is 0 Å². The lowest BCUT2D eigenvalue weighted by Gasteiger charge is -2.42. The summed E-state index contributed by atoms with van der Waals surface area (Å²) in [5, 5.41) is 0.740. The fourth-order valence-corrected chi connectivity index (χ4v) is 2.72. The van der Waals surface area contributed by atoms with Crippen molar-refractivity contribution < 1.29 is 9.47 Å². The molecule has 1 aromatic carbocycles. The third-order valence-corrected chi connectivity index (χ3v) is 3.56. The van der Waals surface area contributed by atoms with Gasteiger partial charge in [0.2, 0.25) is 0 Å². The summed E-state index contributed by atoms with van der Waals surface area (Å²) in [6.07, 6.45) is 0.898. The Morgan fingerprint density at radius 1 is 1.33 bits per heavy atom. The highest BCUT2D eigenvalue weighted by atomic mass is 35.5. The van der Waals surface area contributed by atoms with E-state index in [-0.39, 0.29) is 18.2 Å². The Labute approximate surface area is 113 Å². The Kier molecular flexibility index (Phi) is 4.15. The lowest BCUT2D eigenvalue weighted by Crippen LogP contribution is -2.59. The summed E-state index contributed by atoms with van der Waals surface area (Å²) in [6, 6.07) is 3.92. The number of hydrogen-bond acceptors (Lipinski definition) is 3. The van der Waals surface area contributed by atoms with Crippen LogP contribution in [0.1, 0.15) is 24.5 Å². The monoisotopic (exact) mass is 269 g/mol. The normalized spacial score (nSPS) is 26.8. The Morgan fingerprint density at radius 3 is 2.44 bits per heavy atom. The topological polar surface area (TPSA) is 44.5 Å². The van der Waals surface area contributed by atoms with Crippen molar-refractivity contribution in [1.29, 1.82) is 0 Å². The summed E-state index contributed by atoms with van der Waals surface area (Å²) < 4.78 is 11.6. The van der Waals surface area contributed by atoms with E-state index in [1.807, 2.05) is 32.9 Å². The maximum absolute atomic E-state index is 6.04. The largest absolute Gasteiger partial charge is 0.487 e. The predicted molar refractivity (Wildman–Crippen MR) is 73.3 cm³/mol. The zero-order valence-electron chi connectivity index (χ0n) is 11.1. The van der Waals surface area contributed by atoms with Gasteiger partial charge in [-0.1, -0.05) is 11.6 Å². The first kappa shape index (κ1) is 13.7. The van der Waals surface area contributed by atoms with Crippen LogP contribution in [-0.2, 0) is 4.74 Å². The van der Waals surface area contributed by atoms with Gasteiger partial charge in [0.05, 0.1) is 0 Å². The van der Waals surface area contributed by atoms with E-state index < -0.39 is 0 Å². The quantitative estimate of drug-likeness (QED) is 0.914. The third kappa shape index (κ3) is 2.63. The molecule has 3 nitrogen and oxygen atoms in total. The number of hydrogen-bond donors (Lipinski definition) is 1. The van der Waals surface area contributed by atoms with Crippen LogP contribution in [0.15, 0.2) is 12.1 Å². The van der Waals surface area contributed by atoms with E-state index in [1.165, 1.54) is 0 Å². The minimum Gasteiger partial charge on any atom is -0.487 e. The molecule has 0 spiro atoms. The fourth-order valence-electron chi connectivity index (χ4n) is 2.39. The van der Waals surface area contributed by atoms with Crippen molar-refractivity contribution in [2.75, 3.05) is 6.61 Å². The van der Waals surface area contributed by atoms with Gasteiger partial charge in [0.1, 0.15) is 18.0 Å². The van der Waals surface area contributed by atoms with Crippen molar-refractivity contribution in [2.24, 2.45) is 5.73 Å². The van der Waals surface area contributed by atoms with E-state index in [0.717, 1.165) is 28.3 Å². The van der Waals surface area contributed by atoms with Crippen molar-refractivity contribution in [3.63, 3.8) is 0 Å². The fraction of sp³-hybridized carbons (Fsp3) is 0.571. The van der Waals surface area contributed by atoms with Gasteiger partial charge in [-0.25, -0.2) is 0 Å². The van der Waals surface area contributed by atoms with Crippen molar-refractivity contribution in [1.82, 2.24) is 0 Å². The molecule has 3 atom stereocenters. The molecule has 1 saturated carbocycles. The van der Waals surface area contributed by atoms with Crippen LogP contribution in [0.3, 0.4) is 0 Å². The van der Waals surface area contributed by atoms with E-state index in [2.05, 4.69) is 0 Å². The Bertz CT molecular complexity index is 413. The minimum atomic E-state index is 0.00415. The SMILES string of the molecule is CCOC1C(N)CC1Oc1c(C)cc(Cl)cc1C. The molecule has 1 fully saturated rings. The van der Waals surface area contributed by atoms with Gasteiger partial charge in [-0.05, 0) is 44.0 Å². The molecule has 100 valence electrons. The Hall–Kier alpha value is -0.770. The lowest BCUT2D eigenvalue weighted by atomic mass is 9.86. The molecule has 0 saturated heterocycles. The van der Waals surface area contributed by atoms with E-state index >= 15 is 0 Å². The summed E-state index contributed by atoms with van der Waals surface area (Å²) >= 11 is 6.01. The maximum atomic E-state index is 6.04. The predicted octanol–water partition coefficient (Wildman–Crippen LogP) is 2.84. The molecule has 18 heavy (non-hydrogen) atoms. The molecule has 0 heterocycles. The molecule has 4 heteroatoms. The van der Waals surface area contributed by atoms with Crippen molar-refractivity contribution >= 4 is 11.6 Å². The van der Waals surface area contributed by atoms with Crippen molar-refractivity contribution in [2.45, 2.75) is 45.4 Å². The highest BCUT2D eigenvalue weighted by Gasteiger charge is 2.41. The van der Waals surface area contributed by atoms with Gasteiger partial charge in [0, 0.05) is 24.1 Å². The van der Waals surface area contributed by atoms with Gasteiger partial charge in [-0.2, -0.15) is 0 Å². The summed E-state index contributed by atoms with van der Waals surface area (Å²) in [5.74, 6) is 0.904. The number of nitrogens with two attached hydrogens (primary N) is 1. The van der Waals surface area contributed by atoms with E-state index in [9.17, 15) is 0 Å². The number of halogens is 1. The Morgan fingerprint density at radius 2 is 1.94 bits per heavy atom. The molecule has 0 bridgehead atoms. The second kappa shape index (κ2) is 5.47. The van der Waals surface area contributed by atoms with Crippen LogP contribution in [0, 0.1) is 13.8 Å². The van der Waals surface area contributed by atoms with Crippen LogP contribution in [0.5, 0.6) is 5.75 Å². The molecule has 1 aliphatic carbocycles. The number of rotatable bonds is 4. The molecular weight excluding hydrogens is 250 g/mol. The molecule has 3 unspecified atom stereocenters. The van der Waals surface area contributed by atoms with Crippen molar-refractivity contribution in [3.05, 3.63) is 28.3 Å². The molecule has 0 amide bonds. The first-order chi connectivity index (χ1) is 8.52. The van der Waals surface area contributed by atoms with Crippen LogP contribution in [-0.4, -0.2) is 24.9 Å². The highest BCUT2D eigenvalue weighted by Crippen LogP contribution is 2.33. The van der Waals surface area contributed by atoms with Crippen molar-refractivity contribution in [3.8, 4) is 5.75 Å². The lowest BCUT2D eigenvalue weighted by molar-refractivity contribution is -0.0949. The average Bonchev–Trinajstić information content (AvgIpc) is 2.29. The zero-order chi connectivity index (χ0) is 13.3. The van der Waals surface area contributed by atoms with Gasteiger partial charge < -0.3 is 15.2 Å². The standard InChI is InChI=1S/C14H20ClNO2/c1-4-17-14-11(16)7-12(14)18-13-8(2)5-10(15)6-9(13)3/h5-6,11-12,14H,4,7,16H2,1-3H3. The molecule has 2 N–H and O–H groups in total. The smallest absolute Gasteiger partial charge is 0.128 e. The molecule has 0 aromatic heterocycles. The summed E-state index contributed by atoms with van der Waals surface area (Å²) in [5.41, 5.74) is 8.03. The van der Waals surface area contributed by atoms with Crippen LogP contribution >= 0.6 is 11.6 Å². The van der Waals surface area contributed by atoms with E-state index in [4.69, 9.17) is 26.8 Å². The first-order valence-electron chi connectivity index (χ1n) is 6.33. The second-order valence-corrected chi connectivity index (χ2v) is 5.28. The average molecular weight is 270 g/mol. The third-order valence-electron chi connectivity index (χ3n) is 3.35. The van der Waals surface area contributed by atoms with Crippen LogP contribution < -0.4 is 10.5 Å². The van der Waals surface area contributed by atoms with E-state index in [1.54, 1.807) is 0 Å². The van der Waals surface area contributed by atoms with E-state index in [0.29, 0.717) is 6.61 Å². The minimum absolute atomic E-state index is 0.00415. The summed E-state index contributed by atoms with van der Waals surface area (Å²) in [4.78, 5) is 0. The molecular formula is C14H20ClNO2. The Balaban J connectivity index is 2.10. The summed E-state index contributed by atoms with van der Waals surface area (Å²) in [7, 11) is 0. The molecule has 1 aromatic rings. The first-order valence-corrected chi connectivity index (χ1v) is 6.71. The molecule has 1 aliphatic rings. The highest BCUT2D eigenvalue weighted by molar-refractivity contribution is 6.30. The van der Waals surface area contributed by atoms with Crippen LogP contribution in [0.25, 0.3) is 0 Å². The molecule has 0 aliphatic heterocycles. The van der Waals surface area contributed by atoms with Crippen LogP contribution in [0.4, 0.5) is 0 Å². The number of aryl methyl sites for hydroxylation is 2. The van der Waals surface area contributed by atoms with Crippen LogP contribution in [0.2, 0.25) is 5.02 Å². The molecule has 0 radical (unpaired) electrons. The van der Waals surface area contributed by atoms with Gasteiger partial charge in [0.15, 0.2) is 0 Å². The zero-order valence-corrected chi connectivity index (χ0v) is 11.8. The number of ether oxygens (including phenoxy) is 2. The van der Waals surface area contributed by atoms with Gasteiger partial charge in [-0.15, -0.1) is 0 Å². The van der Waals surface area contributed by atoms with Gasteiger partial charge in [-0.3, -0.25) is 0 Å². The summed E-state index contributed by atoms with van der Waals surface area (Å²) in [6.45, 7) is 6.64. The second-order valence-electron chi connectivity index (χ2n) is 4.84. The number of benzene rings is 1.